The molecule has 0 aliphatic heterocycles. The predicted molar refractivity (Wildman–Crippen MR) is 84.5 cm³/mol. The number of hydrogen-bond acceptors (Lipinski definition) is 4. The molecular weight excluding hydrogens is 295 g/mol. The van der Waals surface area contributed by atoms with Crippen molar-refractivity contribution in [2.75, 3.05) is 5.75 Å². The molecule has 0 spiro atoms. The molecule has 1 heterocycles. The first-order chi connectivity index (χ1) is 9.69. The minimum absolute atomic E-state index is 0.277. The van der Waals surface area contributed by atoms with Crippen LogP contribution < -0.4 is 11.3 Å². The summed E-state index contributed by atoms with van der Waals surface area (Å²) in [6.07, 6.45) is 2.25. The predicted octanol–water partition coefficient (Wildman–Crippen LogP) is 3.68. The Morgan fingerprint density at radius 1 is 1.50 bits per heavy atom. The Morgan fingerprint density at radius 2 is 2.30 bits per heavy atom. The zero-order valence-corrected chi connectivity index (χ0v) is 12.9. The van der Waals surface area contributed by atoms with Crippen molar-refractivity contribution in [3.63, 3.8) is 0 Å². The SMILES string of the molecule is CCCCSCc1c(C(=O)NN)sc2cccc(F)c12. The van der Waals surface area contributed by atoms with E-state index in [1.807, 2.05) is 6.07 Å². The number of unbranched alkanes of at least 4 members (excludes halogenated alkanes) is 1. The molecule has 3 nitrogen and oxygen atoms in total. The molecule has 0 aliphatic carbocycles. The molecule has 1 aromatic heterocycles. The highest BCUT2D eigenvalue weighted by atomic mass is 32.2. The molecule has 0 radical (unpaired) electrons. The number of halogens is 1. The van der Waals surface area contributed by atoms with Crippen LogP contribution >= 0.6 is 23.1 Å². The van der Waals surface area contributed by atoms with E-state index in [1.165, 1.54) is 17.4 Å². The lowest BCUT2D eigenvalue weighted by Gasteiger charge is -2.04. The summed E-state index contributed by atoms with van der Waals surface area (Å²) in [5.41, 5.74) is 2.90. The number of rotatable bonds is 6. The number of benzene rings is 1. The molecule has 2 aromatic rings. The van der Waals surface area contributed by atoms with Gasteiger partial charge in [0.05, 0.1) is 4.88 Å². The van der Waals surface area contributed by atoms with Crippen molar-refractivity contribution in [2.24, 2.45) is 5.84 Å². The number of nitrogens with one attached hydrogen (secondary N) is 1. The molecule has 2 rings (SSSR count). The third-order valence-corrected chi connectivity index (χ3v) is 5.26. The van der Waals surface area contributed by atoms with Gasteiger partial charge >= 0.3 is 0 Å². The van der Waals surface area contributed by atoms with Crippen LogP contribution in [0.3, 0.4) is 0 Å². The molecule has 1 aromatic carbocycles. The van der Waals surface area contributed by atoms with Crippen molar-refractivity contribution in [3.8, 4) is 0 Å². The number of thioether (sulfide) groups is 1. The van der Waals surface area contributed by atoms with E-state index in [4.69, 9.17) is 5.84 Å². The normalized spacial score (nSPS) is 10.9. The van der Waals surface area contributed by atoms with Crippen LogP contribution in [0.1, 0.15) is 35.0 Å². The smallest absolute Gasteiger partial charge is 0.275 e. The summed E-state index contributed by atoms with van der Waals surface area (Å²) in [5.74, 6) is 6.22. The number of amides is 1. The average molecular weight is 312 g/mol. The van der Waals surface area contributed by atoms with Gasteiger partial charge in [-0.1, -0.05) is 19.4 Å². The van der Waals surface area contributed by atoms with Crippen molar-refractivity contribution in [2.45, 2.75) is 25.5 Å². The van der Waals surface area contributed by atoms with Crippen LogP contribution in [0.5, 0.6) is 0 Å². The minimum Gasteiger partial charge on any atom is -0.289 e. The van der Waals surface area contributed by atoms with Crippen molar-refractivity contribution < 1.29 is 9.18 Å². The van der Waals surface area contributed by atoms with E-state index in [0.717, 1.165) is 28.9 Å². The van der Waals surface area contributed by atoms with Crippen LogP contribution in [0.4, 0.5) is 4.39 Å². The lowest BCUT2D eigenvalue weighted by atomic mass is 10.1. The van der Waals surface area contributed by atoms with Gasteiger partial charge in [0, 0.05) is 15.8 Å². The van der Waals surface area contributed by atoms with Crippen molar-refractivity contribution >= 4 is 39.1 Å². The zero-order valence-electron chi connectivity index (χ0n) is 11.2. The van der Waals surface area contributed by atoms with Gasteiger partial charge in [-0.2, -0.15) is 11.8 Å². The van der Waals surface area contributed by atoms with Gasteiger partial charge in [-0.25, -0.2) is 10.2 Å². The summed E-state index contributed by atoms with van der Waals surface area (Å²) in [7, 11) is 0. The van der Waals surface area contributed by atoms with E-state index in [0.29, 0.717) is 16.0 Å². The number of hydrogen-bond donors (Lipinski definition) is 2. The molecule has 0 saturated heterocycles. The van der Waals surface area contributed by atoms with Crippen LogP contribution in [-0.2, 0) is 5.75 Å². The number of carbonyl (C=O) groups is 1. The van der Waals surface area contributed by atoms with Gasteiger partial charge in [0.1, 0.15) is 5.82 Å². The molecule has 20 heavy (non-hydrogen) atoms. The quantitative estimate of drug-likeness (QED) is 0.370. The van der Waals surface area contributed by atoms with E-state index < -0.39 is 0 Å². The summed E-state index contributed by atoms with van der Waals surface area (Å²) in [6.45, 7) is 2.13. The maximum absolute atomic E-state index is 14.0. The van der Waals surface area contributed by atoms with Crippen LogP contribution in [0.2, 0.25) is 0 Å². The zero-order chi connectivity index (χ0) is 14.5. The highest BCUT2D eigenvalue weighted by Crippen LogP contribution is 2.35. The maximum atomic E-state index is 14.0. The Bertz CT molecular complexity index is 612. The largest absolute Gasteiger partial charge is 0.289 e. The molecule has 3 N–H and O–H groups in total. The highest BCUT2D eigenvalue weighted by Gasteiger charge is 2.19. The number of nitrogens with two attached hydrogens (primary N) is 1. The maximum Gasteiger partial charge on any atom is 0.275 e. The molecule has 0 saturated carbocycles. The number of carbonyl (C=O) groups excluding carboxylic acids is 1. The fourth-order valence-corrected chi connectivity index (χ4v) is 4.33. The van der Waals surface area contributed by atoms with E-state index >= 15 is 0 Å². The lowest BCUT2D eigenvalue weighted by molar-refractivity contribution is 0.0957. The molecule has 108 valence electrons. The first kappa shape index (κ1) is 15.3. The second-order valence-corrected chi connectivity index (χ2v) is 6.56. The molecule has 0 aliphatic rings. The van der Waals surface area contributed by atoms with Gasteiger partial charge in [-0.15, -0.1) is 11.3 Å². The van der Waals surface area contributed by atoms with Gasteiger partial charge in [0.15, 0.2) is 0 Å². The summed E-state index contributed by atoms with van der Waals surface area (Å²) in [5, 5.41) is 0.556. The summed E-state index contributed by atoms with van der Waals surface area (Å²) in [6, 6.07) is 4.92. The Balaban J connectivity index is 2.38. The second kappa shape index (κ2) is 7.06. The highest BCUT2D eigenvalue weighted by molar-refractivity contribution is 7.98. The number of hydrazine groups is 1. The molecule has 6 heteroatoms. The Morgan fingerprint density at radius 3 is 3.00 bits per heavy atom. The van der Waals surface area contributed by atoms with Gasteiger partial charge < -0.3 is 0 Å². The standard InChI is InChI=1S/C14H17FN2OS2/c1-2-3-7-19-8-9-12-10(15)5-4-6-11(12)20-13(9)14(18)17-16/h4-6H,2-3,7-8,16H2,1H3,(H,17,18). The van der Waals surface area contributed by atoms with E-state index in [1.54, 1.807) is 17.8 Å². The first-order valence-electron chi connectivity index (χ1n) is 6.47. The molecule has 0 unspecified atom stereocenters. The third-order valence-electron chi connectivity index (χ3n) is 2.99. The monoisotopic (exact) mass is 312 g/mol. The van der Waals surface area contributed by atoms with Crippen molar-refractivity contribution in [3.05, 3.63) is 34.5 Å². The van der Waals surface area contributed by atoms with Gasteiger partial charge in [-0.3, -0.25) is 10.2 Å². The van der Waals surface area contributed by atoms with Crippen LogP contribution in [0.15, 0.2) is 18.2 Å². The Kier molecular flexibility index (Phi) is 5.39. The third kappa shape index (κ3) is 3.13. The molecule has 0 bridgehead atoms. The van der Waals surface area contributed by atoms with Gasteiger partial charge in [-0.05, 0) is 29.9 Å². The number of fused-ring (bicyclic) bond motifs is 1. The van der Waals surface area contributed by atoms with E-state index in [-0.39, 0.29) is 11.7 Å². The van der Waals surface area contributed by atoms with E-state index in [9.17, 15) is 9.18 Å². The average Bonchev–Trinajstić information content (AvgIpc) is 2.83. The lowest BCUT2D eigenvalue weighted by Crippen LogP contribution is -2.29. The first-order valence-corrected chi connectivity index (χ1v) is 8.44. The minimum atomic E-state index is -0.350. The summed E-state index contributed by atoms with van der Waals surface area (Å²) < 4.78 is 14.8. The number of thiophene rings is 1. The van der Waals surface area contributed by atoms with Gasteiger partial charge in [0.2, 0.25) is 0 Å². The fourth-order valence-electron chi connectivity index (χ4n) is 1.97. The van der Waals surface area contributed by atoms with Crippen LogP contribution in [0.25, 0.3) is 10.1 Å². The van der Waals surface area contributed by atoms with Crippen LogP contribution in [-0.4, -0.2) is 11.7 Å². The molecular formula is C14H17FN2OS2. The van der Waals surface area contributed by atoms with Crippen LogP contribution in [0, 0.1) is 5.82 Å². The summed E-state index contributed by atoms with van der Waals surface area (Å²) >= 11 is 3.01. The second-order valence-electron chi connectivity index (χ2n) is 4.40. The molecule has 0 fully saturated rings. The number of nitrogen functional groups attached to an aromatic ring is 1. The van der Waals surface area contributed by atoms with Crippen molar-refractivity contribution in [1.82, 2.24) is 5.43 Å². The molecule has 0 atom stereocenters. The Hall–Kier alpha value is -1.11. The Labute approximate surface area is 125 Å². The summed E-state index contributed by atoms with van der Waals surface area (Å²) in [4.78, 5) is 12.4. The van der Waals surface area contributed by atoms with E-state index in [2.05, 4.69) is 12.3 Å². The van der Waals surface area contributed by atoms with Gasteiger partial charge in [0.25, 0.3) is 5.91 Å². The fraction of sp³-hybridized carbons (Fsp3) is 0.357. The van der Waals surface area contributed by atoms with Crippen molar-refractivity contribution in [1.29, 1.82) is 0 Å². The molecule has 1 amide bonds. The topological polar surface area (TPSA) is 55.1 Å².